The molecule has 0 aromatic heterocycles. The fourth-order valence-corrected chi connectivity index (χ4v) is 3.16. The van der Waals surface area contributed by atoms with E-state index < -0.39 is 12.1 Å². The summed E-state index contributed by atoms with van der Waals surface area (Å²) in [6.45, 7) is 4.34. The van der Waals surface area contributed by atoms with Crippen LogP contribution in [0.1, 0.15) is 26.7 Å². The number of hydrogen-bond acceptors (Lipinski definition) is 5. The molecule has 1 saturated heterocycles. The highest BCUT2D eigenvalue weighted by molar-refractivity contribution is 5.94. The van der Waals surface area contributed by atoms with E-state index in [-0.39, 0.29) is 17.9 Å². The third kappa shape index (κ3) is 5.12. The minimum Gasteiger partial charge on any atom is -0.453 e. The predicted molar refractivity (Wildman–Crippen MR) is 105 cm³/mol. The molecule has 2 rings (SSSR count). The van der Waals surface area contributed by atoms with E-state index in [4.69, 9.17) is 5.73 Å². The maximum Gasteiger partial charge on any atom is 0.407 e. The second kappa shape index (κ2) is 9.25. The zero-order chi connectivity index (χ0) is 20.0. The summed E-state index contributed by atoms with van der Waals surface area (Å²) in [4.78, 5) is 26.4. The number of methoxy groups -OCH3 is 1. The lowest BCUT2D eigenvalue weighted by Crippen LogP contribution is -2.54. The molecule has 0 aliphatic carbocycles. The number of nitrogens with one attached hydrogen (secondary N) is 1. The van der Waals surface area contributed by atoms with Crippen molar-refractivity contribution in [1.82, 2.24) is 10.2 Å². The van der Waals surface area contributed by atoms with Crippen molar-refractivity contribution in [1.29, 1.82) is 0 Å². The van der Waals surface area contributed by atoms with Gasteiger partial charge in [-0.1, -0.05) is 32.0 Å². The zero-order valence-corrected chi connectivity index (χ0v) is 16.4. The van der Waals surface area contributed by atoms with Gasteiger partial charge in [0.15, 0.2) is 0 Å². The quantitative estimate of drug-likeness (QED) is 0.448. The maximum atomic E-state index is 13.0. The summed E-state index contributed by atoms with van der Waals surface area (Å²) >= 11 is 0. The lowest BCUT2D eigenvalue weighted by atomic mass is 10.0. The van der Waals surface area contributed by atoms with Crippen molar-refractivity contribution >= 4 is 23.5 Å². The summed E-state index contributed by atoms with van der Waals surface area (Å²) in [5, 5.41) is 8.79. The first-order chi connectivity index (χ1) is 12.8. The summed E-state index contributed by atoms with van der Waals surface area (Å²) in [5.41, 5.74) is 7.16. The van der Waals surface area contributed by atoms with Gasteiger partial charge in [-0.15, -0.1) is 0 Å². The van der Waals surface area contributed by atoms with Crippen LogP contribution in [0.2, 0.25) is 0 Å². The van der Waals surface area contributed by atoms with Crippen LogP contribution >= 0.6 is 0 Å². The molecule has 1 aromatic carbocycles. The van der Waals surface area contributed by atoms with Crippen molar-refractivity contribution < 1.29 is 14.3 Å². The predicted octanol–water partition coefficient (Wildman–Crippen LogP) is 1.77. The first-order valence-corrected chi connectivity index (χ1v) is 9.12. The van der Waals surface area contributed by atoms with Crippen LogP contribution in [0.15, 0.2) is 35.4 Å². The molecule has 27 heavy (non-hydrogen) atoms. The van der Waals surface area contributed by atoms with Gasteiger partial charge in [0, 0.05) is 13.6 Å². The summed E-state index contributed by atoms with van der Waals surface area (Å²) in [7, 11) is 3.10. The molecular formula is C19H29N5O3. The Kier molecular flexibility index (Phi) is 7.04. The number of nitrogens with zero attached hydrogens (tertiary/aromatic N) is 3. The fraction of sp³-hybridized carbons (Fsp3) is 0.526. The zero-order valence-electron chi connectivity index (χ0n) is 16.4. The van der Waals surface area contributed by atoms with E-state index in [1.807, 2.05) is 51.2 Å². The summed E-state index contributed by atoms with van der Waals surface area (Å²) in [6.07, 6.45) is 0.959. The smallest absolute Gasteiger partial charge is 0.407 e. The van der Waals surface area contributed by atoms with Crippen LogP contribution in [0.4, 0.5) is 10.5 Å². The molecule has 2 atom stereocenters. The van der Waals surface area contributed by atoms with Gasteiger partial charge in [0.1, 0.15) is 11.9 Å². The van der Waals surface area contributed by atoms with Crippen molar-refractivity contribution in [2.45, 2.75) is 38.8 Å². The number of para-hydroxylation sites is 1. The average molecular weight is 375 g/mol. The number of carbonyl (C=O) groups is 2. The molecule has 0 saturated carbocycles. The standard InChI is InChI=1S/C19H29N5O3/c1-13(2)16(21-19(26)27-4)18(25)24-12-8-11-15(24)17(20)22-23(3)14-9-6-5-7-10-14/h5-7,9-10,13,15-16H,8,11-12H2,1-4H3,(H2,20,22)(H,21,26)/t15?,16-/m0/s1. The van der Waals surface area contributed by atoms with Gasteiger partial charge in [-0.3, -0.25) is 9.80 Å². The number of ether oxygens (including phenoxy) is 1. The number of nitrogens with two attached hydrogens (primary N) is 1. The number of hydrogen-bond donors (Lipinski definition) is 2. The summed E-state index contributed by atoms with van der Waals surface area (Å²) in [5.74, 6) is 0.134. The number of carbonyl (C=O) groups excluding carboxylic acids is 2. The van der Waals surface area contributed by atoms with Crippen LogP contribution in [0.25, 0.3) is 0 Å². The van der Waals surface area contributed by atoms with E-state index in [9.17, 15) is 9.59 Å². The Balaban J connectivity index is 2.15. The van der Waals surface area contributed by atoms with Gasteiger partial charge in [-0.25, -0.2) is 4.79 Å². The number of likely N-dealkylation sites (tertiary alicyclic amines) is 1. The monoisotopic (exact) mass is 375 g/mol. The first-order valence-electron chi connectivity index (χ1n) is 9.12. The topological polar surface area (TPSA) is 100 Å². The molecule has 1 aliphatic heterocycles. The molecule has 3 N–H and O–H groups in total. The van der Waals surface area contributed by atoms with E-state index in [0.717, 1.165) is 18.5 Å². The number of amides is 2. The molecule has 8 nitrogen and oxygen atoms in total. The SMILES string of the molecule is COC(=O)N[C@H](C(=O)N1CCCC1/C(N)=N/N(C)c1ccccc1)C(C)C. The van der Waals surface area contributed by atoms with E-state index in [0.29, 0.717) is 12.4 Å². The number of anilines is 1. The van der Waals surface area contributed by atoms with Crippen LogP contribution in [-0.2, 0) is 9.53 Å². The van der Waals surface area contributed by atoms with E-state index >= 15 is 0 Å². The molecule has 0 bridgehead atoms. The highest BCUT2D eigenvalue weighted by atomic mass is 16.5. The highest BCUT2D eigenvalue weighted by Crippen LogP contribution is 2.21. The van der Waals surface area contributed by atoms with Gasteiger partial charge >= 0.3 is 6.09 Å². The molecule has 148 valence electrons. The Morgan fingerprint density at radius 3 is 2.59 bits per heavy atom. The molecule has 1 fully saturated rings. The fourth-order valence-electron chi connectivity index (χ4n) is 3.16. The number of hydrazone groups is 1. The molecule has 2 amide bonds. The molecular weight excluding hydrogens is 346 g/mol. The Hall–Kier alpha value is -2.77. The summed E-state index contributed by atoms with van der Waals surface area (Å²) in [6, 6.07) is 8.69. The number of amidine groups is 1. The van der Waals surface area contributed by atoms with Crippen LogP contribution < -0.4 is 16.1 Å². The molecule has 1 aromatic rings. The van der Waals surface area contributed by atoms with Crippen LogP contribution in [0.5, 0.6) is 0 Å². The second-order valence-corrected chi connectivity index (χ2v) is 6.93. The van der Waals surface area contributed by atoms with Gasteiger partial charge < -0.3 is 20.7 Å². The molecule has 0 spiro atoms. The first kappa shape index (κ1) is 20.5. The van der Waals surface area contributed by atoms with Crippen molar-refractivity contribution in [2.24, 2.45) is 16.8 Å². The van der Waals surface area contributed by atoms with Gasteiger partial charge in [0.05, 0.1) is 18.8 Å². The van der Waals surface area contributed by atoms with Gasteiger partial charge in [-0.05, 0) is 30.9 Å². The van der Waals surface area contributed by atoms with Crippen LogP contribution in [0, 0.1) is 5.92 Å². The molecule has 0 radical (unpaired) electrons. The number of benzene rings is 1. The third-order valence-electron chi connectivity index (χ3n) is 4.66. The number of alkyl carbamates (subject to hydrolysis) is 1. The van der Waals surface area contributed by atoms with Gasteiger partial charge in [0.25, 0.3) is 0 Å². The summed E-state index contributed by atoms with van der Waals surface area (Å²) < 4.78 is 4.64. The Labute approximate surface area is 160 Å². The Morgan fingerprint density at radius 2 is 2.00 bits per heavy atom. The van der Waals surface area contributed by atoms with Crippen LogP contribution in [-0.4, -0.2) is 55.5 Å². The van der Waals surface area contributed by atoms with Crippen molar-refractivity contribution in [2.75, 3.05) is 25.7 Å². The highest BCUT2D eigenvalue weighted by Gasteiger charge is 2.37. The van der Waals surface area contributed by atoms with E-state index in [2.05, 4.69) is 15.2 Å². The average Bonchev–Trinajstić information content (AvgIpc) is 3.15. The maximum absolute atomic E-state index is 13.0. The lowest BCUT2D eigenvalue weighted by Gasteiger charge is -2.30. The molecule has 1 aliphatic rings. The van der Waals surface area contributed by atoms with Crippen molar-refractivity contribution in [3.05, 3.63) is 30.3 Å². The second-order valence-electron chi connectivity index (χ2n) is 6.93. The lowest BCUT2D eigenvalue weighted by molar-refractivity contribution is -0.134. The Morgan fingerprint density at radius 1 is 1.33 bits per heavy atom. The molecule has 1 unspecified atom stereocenters. The van der Waals surface area contributed by atoms with Crippen LogP contribution in [0.3, 0.4) is 0 Å². The van der Waals surface area contributed by atoms with E-state index in [1.165, 1.54) is 7.11 Å². The van der Waals surface area contributed by atoms with E-state index in [1.54, 1.807) is 9.91 Å². The van der Waals surface area contributed by atoms with Gasteiger partial charge in [-0.2, -0.15) is 5.10 Å². The van der Waals surface area contributed by atoms with Gasteiger partial charge in [0.2, 0.25) is 5.91 Å². The van der Waals surface area contributed by atoms with Crippen molar-refractivity contribution in [3.63, 3.8) is 0 Å². The Bertz CT molecular complexity index is 677. The van der Waals surface area contributed by atoms with Crippen molar-refractivity contribution in [3.8, 4) is 0 Å². The molecule has 8 heteroatoms. The molecule has 1 heterocycles. The normalized spacial score (nSPS) is 18.3. The minimum atomic E-state index is -0.669. The third-order valence-corrected chi connectivity index (χ3v) is 4.66. The largest absolute Gasteiger partial charge is 0.453 e. The number of rotatable bonds is 6. The minimum absolute atomic E-state index is 0.0806.